The Balaban J connectivity index is 1.92. The summed E-state index contributed by atoms with van der Waals surface area (Å²) in [6.07, 6.45) is 2.68. The van der Waals surface area contributed by atoms with Crippen LogP contribution < -0.4 is 10.2 Å². The first-order valence-corrected chi connectivity index (χ1v) is 7.45. The molecular weight excluding hydrogens is 252 g/mol. The molecular formula is C15H26N4O. The van der Waals surface area contributed by atoms with Gasteiger partial charge in [-0.2, -0.15) is 0 Å². The quantitative estimate of drug-likeness (QED) is 0.740. The van der Waals surface area contributed by atoms with E-state index in [2.05, 4.69) is 34.0 Å². The molecule has 0 unspecified atom stereocenters. The van der Waals surface area contributed by atoms with Gasteiger partial charge >= 0.3 is 0 Å². The first kappa shape index (κ1) is 15.0. The van der Waals surface area contributed by atoms with Gasteiger partial charge in [0.15, 0.2) is 0 Å². The zero-order valence-corrected chi connectivity index (χ0v) is 13.0. The largest absolute Gasteiger partial charge is 0.379 e. The molecule has 0 bridgehead atoms. The third-order valence-corrected chi connectivity index (χ3v) is 3.52. The SMILES string of the molecule is CNc1cc(N(C)CCOCC2CC2)nc(C(C)C)n1. The van der Waals surface area contributed by atoms with Gasteiger partial charge in [-0.25, -0.2) is 9.97 Å². The molecule has 2 rings (SSSR count). The van der Waals surface area contributed by atoms with E-state index in [0.717, 1.165) is 43.1 Å². The molecule has 112 valence electrons. The topological polar surface area (TPSA) is 50.3 Å². The van der Waals surface area contributed by atoms with Gasteiger partial charge in [0.1, 0.15) is 17.5 Å². The Morgan fingerprint density at radius 1 is 1.40 bits per heavy atom. The van der Waals surface area contributed by atoms with Crippen molar-refractivity contribution in [1.82, 2.24) is 9.97 Å². The van der Waals surface area contributed by atoms with Crippen molar-refractivity contribution in [3.05, 3.63) is 11.9 Å². The molecule has 1 aromatic rings. The Hall–Kier alpha value is -1.36. The normalized spacial score (nSPS) is 14.7. The highest BCUT2D eigenvalue weighted by atomic mass is 16.5. The molecule has 1 aliphatic rings. The van der Waals surface area contributed by atoms with E-state index in [4.69, 9.17) is 4.74 Å². The third kappa shape index (κ3) is 4.34. The number of anilines is 2. The zero-order valence-electron chi connectivity index (χ0n) is 13.0. The molecule has 0 aromatic carbocycles. The summed E-state index contributed by atoms with van der Waals surface area (Å²) in [5.41, 5.74) is 0. The first-order chi connectivity index (χ1) is 9.60. The Labute approximate surface area is 121 Å². The van der Waals surface area contributed by atoms with Crippen LogP contribution in [-0.4, -0.2) is 43.8 Å². The smallest absolute Gasteiger partial charge is 0.135 e. The molecule has 0 saturated heterocycles. The molecule has 1 aliphatic carbocycles. The van der Waals surface area contributed by atoms with Crippen molar-refractivity contribution in [3.8, 4) is 0 Å². The van der Waals surface area contributed by atoms with Crippen LogP contribution >= 0.6 is 0 Å². The van der Waals surface area contributed by atoms with Crippen LogP contribution in [0.3, 0.4) is 0 Å². The van der Waals surface area contributed by atoms with Crippen molar-refractivity contribution in [2.75, 3.05) is 44.1 Å². The summed E-state index contributed by atoms with van der Waals surface area (Å²) in [6, 6.07) is 1.98. The highest BCUT2D eigenvalue weighted by molar-refractivity contribution is 5.48. The summed E-state index contributed by atoms with van der Waals surface area (Å²) in [4.78, 5) is 11.2. The van der Waals surface area contributed by atoms with E-state index in [9.17, 15) is 0 Å². The van der Waals surface area contributed by atoms with Crippen LogP contribution in [0.1, 0.15) is 38.4 Å². The molecule has 1 fully saturated rings. The number of rotatable bonds is 8. The van der Waals surface area contributed by atoms with E-state index in [0.29, 0.717) is 5.92 Å². The molecule has 5 heteroatoms. The molecule has 1 N–H and O–H groups in total. The fourth-order valence-corrected chi connectivity index (χ4v) is 1.88. The van der Waals surface area contributed by atoms with Crippen LogP contribution in [0.25, 0.3) is 0 Å². The van der Waals surface area contributed by atoms with E-state index in [1.54, 1.807) is 0 Å². The molecule has 0 atom stereocenters. The van der Waals surface area contributed by atoms with Crippen molar-refractivity contribution < 1.29 is 4.74 Å². The molecule has 1 saturated carbocycles. The van der Waals surface area contributed by atoms with Crippen molar-refractivity contribution >= 4 is 11.6 Å². The summed E-state index contributed by atoms with van der Waals surface area (Å²) in [6.45, 7) is 6.73. The molecule has 20 heavy (non-hydrogen) atoms. The van der Waals surface area contributed by atoms with Gasteiger partial charge in [-0.1, -0.05) is 13.8 Å². The summed E-state index contributed by atoms with van der Waals surface area (Å²) >= 11 is 0. The minimum absolute atomic E-state index is 0.321. The van der Waals surface area contributed by atoms with Crippen LogP contribution in [0.2, 0.25) is 0 Å². The van der Waals surface area contributed by atoms with E-state index in [1.165, 1.54) is 12.8 Å². The Morgan fingerprint density at radius 2 is 2.15 bits per heavy atom. The van der Waals surface area contributed by atoms with Gasteiger partial charge < -0.3 is 15.0 Å². The second kappa shape index (κ2) is 6.88. The predicted molar refractivity (Wildman–Crippen MR) is 82.5 cm³/mol. The number of nitrogens with one attached hydrogen (secondary N) is 1. The van der Waals surface area contributed by atoms with E-state index >= 15 is 0 Å². The third-order valence-electron chi connectivity index (χ3n) is 3.52. The molecule has 0 spiro atoms. The molecule has 0 aliphatic heterocycles. The van der Waals surface area contributed by atoms with Crippen molar-refractivity contribution in [2.24, 2.45) is 5.92 Å². The molecule has 0 amide bonds. The lowest BCUT2D eigenvalue weighted by Crippen LogP contribution is -2.24. The maximum Gasteiger partial charge on any atom is 0.135 e. The van der Waals surface area contributed by atoms with Crippen molar-refractivity contribution in [2.45, 2.75) is 32.6 Å². The summed E-state index contributed by atoms with van der Waals surface area (Å²) in [5.74, 6) is 3.83. The Bertz CT molecular complexity index is 432. The fraction of sp³-hybridized carbons (Fsp3) is 0.733. The molecule has 1 heterocycles. The first-order valence-electron chi connectivity index (χ1n) is 7.45. The number of hydrogen-bond acceptors (Lipinski definition) is 5. The van der Waals surface area contributed by atoms with Gasteiger partial charge in [0.25, 0.3) is 0 Å². The Morgan fingerprint density at radius 3 is 2.75 bits per heavy atom. The monoisotopic (exact) mass is 278 g/mol. The molecule has 1 aromatic heterocycles. The van der Waals surface area contributed by atoms with Crippen LogP contribution in [-0.2, 0) is 4.74 Å². The maximum atomic E-state index is 5.68. The van der Waals surface area contributed by atoms with E-state index in [-0.39, 0.29) is 0 Å². The number of ether oxygens (including phenoxy) is 1. The number of nitrogens with zero attached hydrogens (tertiary/aromatic N) is 3. The van der Waals surface area contributed by atoms with Crippen LogP contribution in [0, 0.1) is 5.92 Å². The number of aromatic nitrogens is 2. The van der Waals surface area contributed by atoms with E-state index in [1.807, 2.05) is 20.2 Å². The lowest BCUT2D eigenvalue weighted by atomic mass is 10.2. The van der Waals surface area contributed by atoms with Gasteiger partial charge in [0.05, 0.1) is 6.61 Å². The standard InChI is InChI=1S/C15H26N4O/c1-11(2)15-17-13(16-3)9-14(18-15)19(4)7-8-20-10-12-5-6-12/h9,11-12H,5-8,10H2,1-4H3,(H,16,17,18). The molecule has 5 nitrogen and oxygen atoms in total. The highest BCUT2D eigenvalue weighted by Crippen LogP contribution is 2.28. The average Bonchev–Trinajstić information content (AvgIpc) is 3.26. The lowest BCUT2D eigenvalue weighted by Gasteiger charge is -2.20. The van der Waals surface area contributed by atoms with Gasteiger partial charge in [0.2, 0.25) is 0 Å². The van der Waals surface area contributed by atoms with Gasteiger partial charge in [-0.3, -0.25) is 0 Å². The lowest BCUT2D eigenvalue weighted by molar-refractivity contribution is 0.131. The van der Waals surface area contributed by atoms with Crippen molar-refractivity contribution in [1.29, 1.82) is 0 Å². The van der Waals surface area contributed by atoms with Gasteiger partial charge in [-0.05, 0) is 18.8 Å². The maximum absolute atomic E-state index is 5.68. The zero-order chi connectivity index (χ0) is 14.5. The van der Waals surface area contributed by atoms with Crippen molar-refractivity contribution in [3.63, 3.8) is 0 Å². The number of likely N-dealkylation sites (N-methyl/N-ethyl adjacent to an activating group) is 1. The number of hydrogen-bond donors (Lipinski definition) is 1. The summed E-state index contributed by atoms with van der Waals surface area (Å²) in [5, 5.41) is 3.10. The highest BCUT2D eigenvalue weighted by Gasteiger charge is 2.21. The van der Waals surface area contributed by atoms with Crippen LogP contribution in [0.4, 0.5) is 11.6 Å². The van der Waals surface area contributed by atoms with Crippen LogP contribution in [0.15, 0.2) is 6.07 Å². The Kier molecular flexibility index (Phi) is 5.17. The predicted octanol–water partition coefficient (Wildman–Crippen LogP) is 2.50. The van der Waals surface area contributed by atoms with E-state index < -0.39 is 0 Å². The van der Waals surface area contributed by atoms with Gasteiger partial charge in [0, 0.05) is 39.2 Å². The van der Waals surface area contributed by atoms with Crippen LogP contribution in [0.5, 0.6) is 0 Å². The second-order valence-electron chi connectivity index (χ2n) is 5.81. The minimum Gasteiger partial charge on any atom is -0.379 e. The second-order valence-corrected chi connectivity index (χ2v) is 5.81. The minimum atomic E-state index is 0.321. The fourth-order valence-electron chi connectivity index (χ4n) is 1.88. The molecule has 0 radical (unpaired) electrons. The van der Waals surface area contributed by atoms with Gasteiger partial charge in [-0.15, -0.1) is 0 Å². The average molecular weight is 278 g/mol. The summed E-state index contributed by atoms with van der Waals surface area (Å²) in [7, 11) is 3.93. The summed E-state index contributed by atoms with van der Waals surface area (Å²) < 4.78 is 5.68.